The molecule has 0 saturated carbocycles. The Morgan fingerprint density at radius 3 is 2.22 bits per heavy atom. The molecular formula is C33H33N3O5. The van der Waals surface area contributed by atoms with Crippen LogP contribution in [0.4, 0.5) is 16.2 Å². The molecule has 0 unspecified atom stereocenters. The molecular weight excluding hydrogens is 518 g/mol. The number of hydrogen-bond donors (Lipinski definition) is 2. The predicted molar refractivity (Wildman–Crippen MR) is 158 cm³/mol. The quantitative estimate of drug-likeness (QED) is 0.216. The highest BCUT2D eigenvalue weighted by molar-refractivity contribution is 6.07. The first-order chi connectivity index (χ1) is 19.7. The summed E-state index contributed by atoms with van der Waals surface area (Å²) in [5.74, 6) is -0.649. The minimum absolute atomic E-state index is 0.183. The maximum atomic E-state index is 13.2. The normalized spacial score (nSPS) is 10.9. The fourth-order valence-corrected chi connectivity index (χ4v) is 3.96. The second kappa shape index (κ2) is 13.4. The molecule has 3 aromatic carbocycles. The van der Waals surface area contributed by atoms with Gasteiger partial charge < -0.3 is 14.8 Å². The van der Waals surface area contributed by atoms with E-state index in [9.17, 15) is 14.4 Å². The number of ether oxygens (including phenoxy) is 2. The van der Waals surface area contributed by atoms with Gasteiger partial charge in [-0.05, 0) is 74.2 Å². The van der Waals surface area contributed by atoms with Gasteiger partial charge >= 0.3 is 12.1 Å². The number of benzene rings is 3. The molecule has 0 aliphatic rings. The highest BCUT2D eigenvalue weighted by Gasteiger charge is 2.19. The van der Waals surface area contributed by atoms with Crippen molar-refractivity contribution in [1.29, 1.82) is 0 Å². The van der Waals surface area contributed by atoms with Crippen molar-refractivity contribution < 1.29 is 23.9 Å². The molecule has 0 bridgehead atoms. The number of hydrogen-bond acceptors (Lipinski definition) is 6. The van der Waals surface area contributed by atoms with E-state index in [0.717, 1.165) is 22.3 Å². The van der Waals surface area contributed by atoms with Crippen LogP contribution in [0.1, 0.15) is 48.7 Å². The van der Waals surface area contributed by atoms with Crippen molar-refractivity contribution in [2.45, 2.75) is 45.8 Å². The van der Waals surface area contributed by atoms with Gasteiger partial charge in [0.25, 0.3) is 5.91 Å². The zero-order valence-corrected chi connectivity index (χ0v) is 23.3. The fraction of sp³-hybridized carbons (Fsp3) is 0.212. The van der Waals surface area contributed by atoms with Crippen molar-refractivity contribution in [3.8, 4) is 11.1 Å². The van der Waals surface area contributed by atoms with Crippen LogP contribution in [0.15, 0.2) is 97.3 Å². The molecule has 0 aliphatic carbocycles. The minimum Gasteiger partial charge on any atom is -0.461 e. The SMILES string of the molecule is CC(C)(C)OC(=O)Nc1ccc(-c2ccccc2)cc1NC(=O)c1ccc(CCC(=O)OCc2cccnc2)cc1. The van der Waals surface area contributed by atoms with Gasteiger partial charge in [-0.1, -0.05) is 54.6 Å². The van der Waals surface area contributed by atoms with Crippen LogP contribution in [0, 0.1) is 0 Å². The molecule has 41 heavy (non-hydrogen) atoms. The molecule has 1 aromatic heterocycles. The Bertz CT molecular complexity index is 1480. The first-order valence-corrected chi connectivity index (χ1v) is 13.3. The van der Waals surface area contributed by atoms with Crippen LogP contribution in [0.3, 0.4) is 0 Å². The van der Waals surface area contributed by atoms with Crippen LogP contribution in [0.25, 0.3) is 11.1 Å². The van der Waals surface area contributed by atoms with Gasteiger partial charge in [0, 0.05) is 29.9 Å². The molecule has 1 heterocycles. The molecule has 0 radical (unpaired) electrons. The van der Waals surface area contributed by atoms with Gasteiger partial charge in [-0.2, -0.15) is 0 Å². The van der Waals surface area contributed by atoms with E-state index in [0.29, 0.717) is 23.4 Å². The molecule has 4 rings (SSSR count). The predicted octanol–water partition coefficient (Wildman–Crippen LogP) is 7.02. The summed E-state index contributed by atoms with van der Waals surface area (Å²) in [7, 11) is 0. The first kappa shape index (κ1) is 29.0. The number of aryl methyl sites for hydroxylation is 1. The van der Waals surface area contributed by atoms with Gasteiger partial charge in [0.2, 0.25) is 0 Å². The topological polar surface area (TPSA) is 107 Å². The number of carbonyl (C=O) groups excluding carboxylic acids is 3. The number of esters is 1. The Labute approximate surface area is 239 Å². The van der Waals surface area contributed by atoms with E-state index >= 15 is 0 Å². The lowest BCUT2D eigenvalue weighted by atomic mass is 10.0. The molecule has 0 spiro atoms. The fourth-order valence-electron chi connectivity index (χ4n) is 3.96. The summed E-state index contributed by atoms with van der Waals surface area (Å²) in [5, 5.41) is 5.66. The summed E-state index contributed by atoms with van der Waals surface area (Å²) in [6.45, 7) is 5.52. The van der Waals surface area contributed by atoms with Crippen LogP contribution < -0.4 is 10.6 Å². The molecule has 2 amide bonds. The number of carbonyl (C=O) groups is 3. The zero-order valence-electron chi connectivity index (χ0n) is 23.3. The maximum Gasteiger partial charge on any atom is 0.412 e. The summed E-state index contributed by atoms with van der Waals surface area (Å²) in [6.07, 6.45) is 3.40. The van der Waals surface area contributed by atoms with Crippen molar-refractivity contribution in [3.05, 3.63) is 114 Å². The molecule has 0 aliphatic heterocycles. The van der Waals surface area contributed by atoms with Crippen LogP contribution >= 0.6 is 0 Å². The molecule has 8 nitrogen and oxygen atoms in total. The maximum absolute atomic E-state index is 13.2. The third kappa shape index (κ3) is 9.03. The van der Waals surface area contributed by atoms with Crippen LogP contribution in [0.2, 0.25) is 0 Å². The number of pyridine rings is 1. The second-order valence-corrected chi connectivity index (χ2v) is 10.4. The Hall–Kier alpha value is -4.98. The molecule has 0 saturated heterocycles. The number of anilines is 2. The average molecular weight is 552 g/mol. The van der Waals surface area contributed by atoms with Gasteiger partial charge in [0.05, 0.1) is 11.4 Å². The van der Waals surface area contributed by atoms with E-state index in [1.165, 1.54) is 0 Å². The Balaban J connectivity index is 1.41. The molecule has 210 valence electrons. The second-order valence-electron chi connectivity index (χ2n) is 10.4. The first-order valence-electron chi connectivity index (χ1n) is 13.3. The number of nitrogens with one attached hydrogen (secondary N) is 2. The largest absolute Gasteiger partial charge is 0.461 e. The number of rotatable bonds is 9. The summed E-state index contributed by atoms with van der Waals surface area (Å²) < 4.78 is 10.7. The van der Waals surface area contributed by atoms with E-state index in [-0.39, 0.29) is 24.9 Å². The van der Waals surface area contributed by atoms with Crippen molar-refractivity contribution in [3.63, 3.8) is 0 Å². The highest BCUT2D eigenvalue weighted by Crippen LogP contribution is 2.30. The molecule has 2 N–H and O–H groups in total. The van der Waals surface area contributed by atoms with Crippen LogP contribution in [-0.2, 0) is 27.3 Å². The lowest BCUT2D eigenvalue weighted by molar-refractivity contribution is -0.144. The Kier molecular flexibility index (Phi) is 9.47. The zero-order chi connectivity index (χ0) is 29.2. The lowest BCUT2D eigenvalue weighted by Crippen LogP contribution is -2.27. The van der Waals surface area contributed by atoms with E-state index in [1.54, 1.807) is 57.4 Å². The van der Waals surface area contributed by atoms with E-state index in [1.807, 2.05) is 60.7 Å². The van der Waals surface area contributed by atoms with Crippen molar-refractivity contribution >= 4 is 29.3 Å². The monoisotopic (exact) mass is 551 g/mol. The summed E-state index contributed by atoms with van der Waals surface area (Å²) in [6, 6.07) is 25.8. The van der Waals surface area contributed by atoms with Crippen LogP contribution in [-0.4, -0.2) is 28.6 Å². The molecule has 4 aromatic rings. The van der Waals surface area contributed by atoms with Gasteiger partial charge in [0.1, 0.15) is 12.2 Å². The third-order valence-electron chi connectivity index (χ3n) is 5.97. The van der Waals surface area contributed by atoms with Gasteiger partial charge in [-0.3, -0.25) is 19.9 Å². The Morgan fingerprint density at radius 1 is 0.780 bits per heavy atom. The average Bonchev–Trinajstić information content (AvgIpc) is 2.96. The van der Waals surface area contributed by atoms with Gasteiger partial charge in [0.15, 0.2) is 0 Å². The number of nitrogens with zero attached hydrogens (tertiary/aromatic N) is 1. The lowest BCUT2D eigenvalue weighted by Gasteiger charge is -2.21. The smallest absolute Gasteiger partial charge is 0.412 e. The van der Waals surface area contributed by atoms with E-state index in [4.69, 9.17) is 9.47 Å². The van der Waals surface area contributed by atoms with Gasteiger partial charge in [-0.15, -0.1) is 0 Å². The van der Waals surface area contributed by atoms with Crippen molar-refractivity contribution in [2.75, 3.05) is 10.6 Å². The molecule has 0 atom stereocenters. The summed E-state index contributed by atoms with van der Waals surface area (Å²) in [5.41, 5.74) is 4.18. The highest BCUT2D eigenvalue weighted by atomic mass is 16.6. The van der Waals surface area contributed by atoms with Gasteiger partial charge in [-0.25, -0.2) is 4.79 Å². The molecule has 0 fully saturated rings. The number of amides is 2. The summed E-state index contributed by atoms with van der Waals surface area (Å²) in [4.78, 5) is 41.8. The van der Waals surface area contributed by atoms with Crippen molar-refractivity contribution in [2.24, 2.45) is 0 Å². The minimum atomic E-state index is -0.671. The van der Waals surface area contributed by atoms with Crippen LogP contribution in [0.5, 0.6) is 0 Å². The molecule has 8 heteroatoms. The third-order valence-corrected chi connectivity index (χ3v) is 5.97. The van der Waals surface area contributed by atoms with E-state index < -0.39 is 11.7 Å². The summed E-state index contributed by atoms with van der Waals surface area (Å²) >= 11 is 0. The Morgan fingerprint density at radius 2 is 1.54 bits per heavy atom. The van der Waals surface area contributed by atoms with Crippen molar-refractivity contribution in [1.82, 2.24) is 4.98 Å². The van der Waals surface area contributed by atoms with E-state index in [2.05, 4.69) is 15.6 Å². The number of aromatic nitrogens is 1. The standard InChI is InChI=1S/C33H33N3O5/c1-33(2,3)41-32(39)36-28-17-16-27(25-9-5-4-6-10-25)20-29(28)35-31(38)26-14-11-23(12-15-26)13-18-30(37)40-22-24-8-7-19-34-21-24/h4-12,14-17,19-21H,13,18,22H2,1-3H3,(H,35,38)(H,36,39).